The van der Waals surface area contributed by atoms with Crippen LogP contribution in [0, 0.1) is 6.92 Å². The minimum atomic E-state index is 0.693. The lowest BCUT2D eigenvalue weighted by atomic mass is 10.2. The van der Waals surface area contributed by atoms with Gasteiger partial charge in [0.1, 0.15) is 17.4 Å². The molecule has 0 fully saturated rings. The van der Waals surface area contributed by atoms with Gasteiger partial charge in [-0.3, -0.25) is 0 Å². The predicted octanol–water partition coefficient (Wildman–Crippen LogP) is 3.19. The number of benzene rings is 1. The van der Waals surface area contributed by atoms with Crippen LogP contribution in [0.1, 0.15) is 5.56 Å². The topological polar surface area (TPSA) is 63.6 Å². The molecule has 6 heteroatoms. The molecule has 2 heterocycles. The summed E-state index contributed by atoms with van der Waals surface area (Å²) in [6.45, 7) is 2.05. The van der Waals surface area contributed by atoms with Crippen LogP contribution in [0.15, 0.2) is 41.9 Å². The molecule has 5 nitrogen and oxygen atoms in total. The Labute approximate surface area is 120 Å². The molecule has 1 aromatic carbocycles. The van der Waals surface area contributed by atoms with E-state index in [0.29, 0.717) is 11.0 Å². The van der Waals surface area contributed by atoms with Gasteiger partial charge in [0.25, 0.3) is 0 Å². The van der Waals surface area contributed by atoms with Gasteiger partial charge in [-0.05, 0) is 30.9 Å². The molecule has 0 unspecified atom stereocenters. The van der Waals surface area contributed by atoms with Gasteiger partial charge < -0.3 is 5.32 Å². The smallest absolute Gasteiger partial charge is 0.188 e. The van der Waals surface area contributed by atoms with Crippen LogP contribution >= 0.6 is 11.8 Å². The highest BCUT2D eigenvalue weighted by atomic mass is 32.2. The normalized spacial score (nSPS) is 10.7. The Balaban J connectivity index is 2.06. The number of hydrogen-bond donors (Lipinski definition) is 1. The number of anilines is 2. The van der Waals surface area contributed by atoms with Gasteiger partial charge in [0.15, 0.2) is 11.0 Å². The summed E-state index contributed by atoms with van der Waals surface area (Å²) in [5.41, 5.74) is 3.63. The molecule has 0 bridgehead atoms. The maximum atomic E-state index is 4.48. The fourth-order valence-electron chi connectivity index (χ4n) is 1.89. The van der Waals surface area contributed by atoms with Crippen molar-refractivity contribution in [3.05, 3.63) is 42.4 Å². The first-order valence-electron chi connectivity index (χ1n) is 6.12. The van der Waals surface area contributed by atoms with E-state index in [-0.39, 0.29) is 0 Å². The fraction of sp³-hybridized carbons (Fsp3) is 0.143. The van der Waals surface area contributed by atoms with Crippen LogP contribution in [0.25, 0.3) is 11.0 Å². The molecule has 0 spiro atoms. The van der Waals surface area contributed by atoms with Gasteiger partial charge in [-0.1, -0.05) is 23.9 Å². The summed E-state index contributed by atoms with van der Waals surface area (Å²) in [6, 6.07) is 8.11. The molecule has 0 saturated carbocycles. The molecule has 0 aliphatic rings. The Bertz CT molecular complexity index is 759. The Hall–Kier alpha value is -2.21. The summed E-state index contributed by atoms with van der Waals surface area (Å²) >= 11 is 1.50. The van der Waals surface area contributed by atoms with E-state index < -0.39 is 0 Å². The quantitative estimate of drug-likeness (QED) is 0.588. The van der Waals surface area contributed by atoms with Crippen molar-refractivity contribution in [2.75, 3.05) is 11.6 Å². The number of fused-ring (bicyclic) bond motifs is 1. The average Bonchev–Trinajstić information content (AvgIpc) is 2.47. The first-order chi connectivity index (χ1) is 9.76. The summed E-state index contributed by atoms with van der Waals surface area (Å²) in [6.07, 6.45) is 5.18. The van der Waals surface area contributed by atoms with Gasteiger partial charge in [-0.15, -0.1) is 0 Å². The van der Waals surface area contributed by atoms with Gasteiger partial charge in [0, 0.05) is 5.69 Å². The third-order valence-electron chi connectivity index (χ3n) is 2.82. The molecule has 0 aliphatic heterocycles. The third kappa shape index (κ3) is 2.55. The summed E-state index contributed by atoms with van der Waals surface area (Å²) in [5.74, 6) is 0.693. The van der Waals surface area contributed by atoms with Crippen molar-refractivity contribution in [2.24, 2.45) is 0 Å². The molecule has 20 heavy (non-hydrogen) atoms. The number of aryl methyl sites for hydroxylation is 1. The van der Waals surface area contributed by atoms with E-state index >= 15 is 0 Å². The van der Waals surface area contributed by atoms with Crippen molar-refractivity contribution < 1.29 is 0 Å². The molecule has 0 aliphatic carbocycles. The Morgan fingerprint density at radius 1 is 1.15 bits per heavy atom. The second-order valence-corrected chi connectivity index (χ2v) is 5.08. The zero-order valence-electron chi connectivity index (χ0n) is 11.2. The second-order valence-electron chi connectivity index (χ2n) is 4.31. The zero-order chi connectivity index (χ0) is 13.9. The molecule has 0 atom stereocenters. The molecule has 2 aromatic heterocycles. The number of nitrogens with one attached hydrogen (secondary N) is 1. The van der Waals surface area contributed by atoms with Crippen molar-refractivity contribution in [3.8, 4) is 0 Å². The van der Waals surface area contributed by atoms with Gasteiger partial charge in [0.2, 0.25) is 0 Å². The van der Waals surface area contributed by atoms with E-state index in [9.17, 15) is 0 Å². The Morgan fingerprint density at radius 2 is 2.05 bits per heavy atom. The van der Waals surface area contributed by atoms with Gasteiger partial charge in [-0.25, -0.2) is 19.9 Å². The molecule has 3 rings (SSSR count). The van der Waals surface area contributed by atoms with E-state index in [1.54, 1.807) is 6.20 Å². The minimum Gasteiger partial charge on any atom is -0.338 e. The molecular weight excluding hydrogens is 270 g/mol. The molecule has 0 amide bonds. The van der Waals surface area contributed by atoms with Crippen LogP contribution in [0.3, 0.4) is 0 Å². The molecule has 1 N–H and O–H groups in total. The number of aromatic nitrogens is 4. The van der Waals surface area contributed by atoms with Crippen molar-refractivity contribution in [2.45, 2.75) is 12.1 Å². The van der Waals surface area contributed by atoms with E-state index in [2.05, 4.69) is 44.3 Å². The SMILES string of the molecule is CSc1ncc2ncnc(Nc3cccc(C)c3)c2n1. The van der Waals surface area contributed by atoms with E-state index in [1.165, 1.54) is 23.7 Å². The highest BCUT2D eigenvalue weighted by molar-refractivity contribution is 7.98. The average molecular weight is 283 g/mol. The van der Waals surface area contributed by atoms with Crippen LogP contribution in [0.2, 0.25) is 0 Å². The number of rotatable bonds is 3. The third-order valence-corrected chi connectivity index (χ3v) is 3.38. The second kappa shape index (κ2) is 5.42. The van der Waals surface area contributed by atoms with Gasteiger partial charge in [-0.2, -0.15) is 0 Å². The largest absolute Gasteiger partial charge is 0.338 e. The Kier molecular flexibility index (Phi) is 3.47. The van der Waals surface area contributed by atoms with Gasteiger partial charge in [0.05, 0.1) is 6.20 Å². The summed E-state index contributed by atoms with van der Waals surface area (Å²) in [4.78, 5) is 17.2. The lowest BCUT2D eigenvalue weighted by Gasteiger charge is -2.08. The molecule has 0 saturated heterocycles. The monoisotopic (exact) mass is 283 g/mol. The minimum absolute atomic E-state index is 0.693. The number of nitrogens with zero attached hydrogens (tertiary/aromatic N) is 4. The predicted molar refractivity (Wildman–Crippen MR) is 81.4 cm³/mol. The highest BCUT2D eigenvalue weighted by Gasteiger charge is 2.07. The van der Waals surface area contributed by atoms with Crippen LogP contribution in [0.4, 0.5) is 11.5 Å². The molecule has 3 aromatic rings. The van der Waals surface area contributed by atoms with Crippen LogP contribution < -0.4 is 5.32 Å². The summed E-state index contributed by atoms with van der Waals surface area (Å²) in [7, 11) is 0. The van der Waals surface area contributed by atoms with E-state index in [4.69, 9.17) is 0 Å². The van der Waals surface area contributed by atoms with Crippen molar-refractivity contribution in [1.82, 2.24) is 19.9 Å². The number of thioether (sulfide) groups is 1. The van der Waals surface area contributed by atoms with Crippen LogP contribution in [-0.4, -0.2) is 26.2 Å². The first-order valence-corrected chi connectivity index (χ1v) is 7.34. The van der Waals surface area contributed by atoms with Crippen LogP contribution in [-0.2, 0) is 0 Å². The van der Waals surface area contributed by atoms with Crippen molar-refractivity contribution in [3.63, 3.8) is 0 Å². The highest BCUT2D eigenvalue weighted by Crippen LogP contribution is 2.22. The van der Waals surface area contributed by atoms with E-state index in [1.807, 2.05) is 18.4 Å². The lowest BCUT2D eigenvalue weighted by Crippen LogP contribution is -1.99. The van der Waals surface area contributed by atoms with Crippen molar-refractivity contribution in [1.29, 1.82) is 0 Å². The van der Waals surface area contributed by atoms with Crippen molar-refractivity contribution >= 4 is 34.3 Å². The lowest BCUT2D eigenvalue weighted by molar-refractivity contribution is 0.993. The molecule has 0 radical (unpaired) electrons. The summed E-state index contributed by atoms with van der Waals surface area (Å²) < 4.78 is 0. The maximum Gasteiger partial charge on any atom is 0.188 e. The van der Waals surface area contributed by atoms with Crippen LogP contribution in [0.5, 0.6) is 0 Å². The zero-order valence-corrected chi connectivity index (χ0v) is 12.0. The standard InChI is InChI=1S/C14H13N5S/c1-9-4-3-5-10(6-9)18-13-12-11(16-8-17-13)7-15-14(19-12)20-2/h3-8H,1-2H3,(H,16,17,18). The number of hydrogen-bond acceptors (Lipinski definition) is 6. The first kappa shape index (κ1) is 12.8. The molecule has 100 valence electrons. The Morgan fingerprint density at radius 3 is 2.85 bits per heavy atom. The summed E-state index contributed by atoms with van der Waals surface area (Å²) in [5, 5.41) is 4.00. The maximum absolute atomic E-state index is 4.48. The van der Waals surface area contributed by atoms with Gasteiger partial charge >= 0.3 is 0 Å². The van der Waals surface area contributed by atoms with E-state index in [0.717, 1.165) is 16.7 Å². The molecular formula is C14H13N5S. The fourth-order valence-corrected chi connectivity index (χ4v) is 2.23.